The van der Waals surface area contributed by atoms with E-state index in [0.29, 0.717) is 18.6 Å². The molecule has 0 radical (unpaired) electrons. The molecule has 1 aliphatic heterocycles. The maximum absolute atomic E-state index is 12.9. The Bertz CT molecular complexity index is 1070. The first kappa shape index (κ1) is 18.3. The molecule has 0 saturated heterocycles. The van der Waals surface area contributed by atoms with Crippen LogP contribution in [0.2, 0.25) is 0 Å². The number of carbonyl (C=O) groups excluding carboxylic acids is 2. The van der Waals surface area contributed by atoms with Gasteiger partial charge in [0.15, 0.2) is 0 Å². The zero-order chi connectivity index (χ0) is 19.9. The number of benzene rings is 2. The summed E-state index contributed by atoms with van der Waals surface area (Å²) < 4.78 is 40.2. The summed E-state index contributed by atoms with van der Waals surface area (Å²) in [5.74, 6) is -2.09. The molecule has 0 spiro atoms. The van der Waals surface area contributed by atoms with E-state index in [2.05, 4.69) is 0 Å². The highest BCUT2D eigenvalue weighted by molar-refractivity contribution is 6.10. The van der Waals surface area contributed by atoms with Gasteiger partial charge >= 0.3 is 6.18 Å². The molecule has 0 atom stereocenters. The number of alkyl halides is 3. The third kappa shape index (κ3) is 3.28. The number of halogens is 3. The molecule has 2 heterocycles. The first-order valence-corrected chi connectivity index (χ1v) is 8.88. The van der Waals surface area contributed by atoms with Gasteiger partial charge in [0.25, 0.3) is 5.78 Å². The third-order valence-corrected chi connectivity index (χ3v) is 5.08. The maximum Gasteiger partial charge on any atom is 0.454 e. The van der Waals surface area contributed by atoms with Crippen molar-refractivity contribution in [1.29, 1.82) is 0 Å². The number of carbonyl (C=O) groups is 2. The molecular formula is C21H17F3N2O2. The molecule has 4 nitrogen and oxygen atoms in total. The van der Waals surface area contributed by atoms with Crippen LogP contribution in [0.4, 0.5) is 13.2 Å². The fourth-order valence-electron chi connectivity index (χ4n) is 3.67. The average molecular weight is 386 g/mol. The van der Waals surface area contributed by atoms with Gasteiger partial charge in [0.05, 0.1) is 5.56 Å². The van der Waals surface area contributed by atoms with Crippen LogP contribution in [0.25, 0.3) is 10.9 Å². The number of ketones is 1. The smallest absolute Gasteiger partial charge is 0.337 e. The van der Waals surface area contributed by atoms with Crippen LogP contribution in [0, 0.1) is 0 Å². The van der Waals surface area contributed by atoms with Crippen molar-refractivity contribution < 1.29 is 22.8 Å². The third-order valence-electron chi connectivity index (χ3n) is 5.08. The van der Waals surface area contributed by atoms with Gasteiger partial charge in [0, 0.05) is 30.2 Å². The number of fused-ring (bicyclic) bond motifs is 2. The largest absolute Gasteiger partial charge is 0.454 e. The van der Waals surface area contributed by atoms with Crippen LogP contribution in [-0.4, -0.2) is 33.9 Å². The van der Waals surface area contributed by atoms with E-state index in [9.17, 15) is 22.8 Å². The number of aromatic nitrogens is 1. The Morgan fingerprint density at radius 3 is 2.39 bits per heavy atom. The lowest BCUT2D eigenvalue weighted by Gasteiger charge is -2.29. The SMILES string of the molecule is O=C(Cn1cc(C(=O)C(F)(F)F)c2ccccc21)N1CCc2ccccc2C1. The van der Waals surface area contributed by atoms with Gasteiger partial charge in [-0.3, -0.25) is 9.59 Å². The summed E-state index contributed by atoms with van der Waals surface area (Å²) in [5.41, 5.74) is 2.28. The van der Waals surface area contributed by atoms with Crippen LogP contribution < -0.4 is 0 Å². The molecule has 3 aromatic rings. The van der Waals surface area contributed by atoms with E-state index in [4.69, 9.17) is 0 Å². The Labute approximate surface area is 159 Å². The second-order valence-corrected chi connectivity index (χ2v) is 6.85. The molecule has 0 bridgehead atoms. The van der Waals surface area contributed by atoms with E-state index in [1.54, 1.807) is 23.1 Å². The van der Waals surface area contributed by atoms with Crippen LogP contribution >= 0.6 is 0 Å². The van der Waals surface area contributed by atoms with Crippen molar-refractivity contribution in [2.75, 3.05) is 6.54 Å². The fraction of sp³-hybridized carbons (Fsp3) is 0.238. The Morgan fingerprint density at radius 2 is 1.64 bits per heavy atom. The zero-order valence-electron chi connectivity index (χ0n) is 14.9. The highest BCUT2D eigenvalue weighted by Crippen LogP contribution is 2.29. The monoisotopic (exact) mass is 386 g/mol. The van der Waals surface area contributed by atoms with Gasteiger partial charge < -0.3 is 9.47 Å². The number of hydrogen-bond donors (Lipinski definition) is 0. The van der Waals surface area contributed by atoms with Gasteiger partial charge in [-0.05, 0) is 23.6 Å². The Kier molecular flexibility index (Phi) is 4.45. The lowest BCUT2D eigenvalue weighted by atomic mass is 10.00. The fourth-order valence-corrected chi connectivity index (χ4v) is 3.67. The van der Waals surface area contributed by atoms with Crippen LogP contribution in [0.5, 0.6) is 0 Å². The number of para-hydroxylation sites is 1. The molecule has 1 aromatic heterocycles. The van der Waals surface area contributed by atoms with Crippen LogP contribution in [0.3, 0.4) is 0 Å². The van der Waals surface area contributed by atoms with Crippen molar-refractivity contribution in [3.8, 4) is 0 Å². The lowest BCUT2D eigenvalue weighted by molar-refractivity contribution is -0.132. The quantitative estimate of drug-likeness (QED) is 0.640. The van der Waals surface area contributed by atoms with Crippen molar-refractivity contribution in [2.45, 2.75) is 25.7 Å². The molecule has 0 saturated carbocycles. The molecular weight excluding hydrogens is 369 g/mol. The summed E-state index contributed by atoms with van der Waals surface area (Å²) in [6.07, 6.45) is -3.09. The predicted octanol–water partition coefficient (Wildman–Crippen LogP) is 3.97. The van der Waals surface area contributed by atoms with Gasteiger partial charge in [-0.15, -0.1) is 0 Å². The van der Waals surface area contributed by atoms with Crippen molar-refractivity contribution in [3.05, 3.63) is 71.4 Å². The number of hydrogen-bond acceptors (Lipinski definition) is 2. The first-order chi connectivity index (χ1) is 13.3. The summed E-state index contributed by atoms with van der Waals surface area (Å²) in [5, 5.41) is 0.196. The average Bonchev–Trinajstić information content (AvgIpc) is 3.04. The van der Waals surface area contributed by atoms with Crippen molar-refractivity contribution in [3.63, 3.8) is 0 Å². The summed E-state index contributed by atoms with van der Waals surface area (Å²) in [6.45, 7) is 0.916. The van der Waals surface area contributed by atoms with Gasteiger partial charge in [0.1, 0.15) is 6.54 Å². The molecule has 28 heavy (non-hydrogen) atoms. The lowest BCUT2D eigenvalue weighted by Crippen LogP contribution is -2.37. The predicted molar refractivity (Wildman–Crippen MR) is 97.9 cm³/mol. The highest BCUT2D eigenvalue weighted by atomic mass is 19.4. The summed E-state index contributed by atoms with van der Waals surface area (Å²) in [4.78, 5) is 26.3. The van der Waals surface area contributed by atoms with Crippen molar-refractivity contribution >= 4 is 22.6 Å². The highest BCUT2D eigenvalue weighted by Gasteiger charge is 2.41. The molecule has 1 amide bonds. The van der Waals surface area contributed by atoms with E-state index in [0.717, 1.165) is 18.2 Å². The maximum atomic E-state index is 12.9. The number of Topliss-reactive ketones (excluding diaryl/α,β-unsaturated/α-hetero) is 1. The van der Waals surface area contributed by atoms with Crippen LogP contribution in [0.15, 0.2) is 54.7 Å². The number of amides is 1. The van der Waals surface area contributed by atoms with Crippen molar-refractivity contribution in [1.82, 2.24) is 9.47 Å². The molecule has 2 aromatic carbocycles. The minimum atomic E-state index is -4.96. The van der Waals surface area contributed by atoms with Crippen LogP contribution in [-0.2, 0) is 24.3 Å². The second-order valence-electron chi connectivity index (χ2n) is 6.85. The molecule has 0 unspecified atom stereocenters. The molecule has 0 fully saturated rings. The molecule has 0 N–H and O–H groups in total. The van der Waals surface area contributed by atoms with Gasteiger partial charge in [-0.1, -0.05) is 42.5 Å². The zero-order valence-corrected chi connectivity index (χ0v) is 14.9. The summed E-state index contributed by atoms with van der Waals surface area (Å²) in [6, 6.07) is 14.2. The van der Waals surface area contributed by atoms with E-state index in [1.807, 2.05) is 24.3 Å². The summed E-state index contributed by atoms with van der Waals surface area (Å²) >= 11 is 0. The molecule has 7 heteroatoms. The Hall–Kier alpha value is -3.09. The van der Waals surface area contributed by atoms with Gasteiger partial charge in [-0.25, -0.2) is 0 Å². The van der Waals surface area contributed by atoms with E-state index in [-0.39, 0.29) is 17.8 Å². The molecule has 144 valence electrons. The molecule has 4 rings (SSSR count). The minimum Gasteiger partial charge on any atom is -0.337 e. The number of rotatable bonds is 3. The van der Waals surface area contributed by atoms with Gasteiger partial charge in [0.2, 0.25) is 5.91 Å². The molecule has 1 aliphatic rings. The topological polar surface area (TPSA) is 42.3 Å². The van der Waals surface area contributed by atoms with E-state index in [1.165, 1.54) is 16.2 Å². The standard InChI is InChI=1S/C21H17F3N2O2/c22-21(23,24)20(28)17-12-26(18-8-4-3-7-16(17)18)13-19(27)25-10-9-14-5-1-2-6-15(14)11-25/h1-8,12H,9-11,13H2. The Balaban J connectivity index is 1.62. The normalized spacial score (nSPS) is 14.2. The second kappa shape index (κ2) is 6.82. The van der Waals surface area contributed by atoms with Gasteiger partial charge in [-0.2, -0.15) is 13.2 Å². The number of nitrogens with zero attached hydrogens (tertiary/aromatic N) is 2. The molecule has 0 aliphatic carbocycles. The van der Waals surface area contributed by atoms with E-state index >= 15 is 0 Å². The Morgan fingerprint density at radius 1 is 0.964 bits per heavy atom. The van der Waals surface area contributed by atoms with Crippen molar-refractivity contribution in [2.24, 2.45) is 0 Å². The van der Waals surface area contributed by atoms with Crippen LogP contribution in [0.1, 0.15) is 21.5 Å². The minimum absolute atomic E-state index is 0.117. The summed E-state index contributed by atoms with van der Waals surface area (Å²) in [7, 11) is 0. The van der Waals surface area contributed by atoms with E-state index < -0.39 is 17.5 Å². The first-order valence-electron chi connectivity index (χ1n) is 8.88.